The zero-order chi connectivity index (χ0) is 13.1. The molecule has 1 aromatic rings. The monoisotopic (exact) mass is 250 g/mol. The van der Waals surface area contributed by atoms with E-state index in [1.54, 1.807) is 0 Å². The largest absolute Gasteiger partial charge is 0.433 e. The third-order valence-corrected chi connectivity index (χ3v) is 1.82. The molecule has 1 atom stereocenters. The molecule has 0 saturated heterocycles. The molecule has 1 heterocycles. The molecule has 0 saturated carbocycles. The summed E-state index contributed by atoms with van der Waals surface area (Å²) in [4.78, 5) is 7.09. The average Bonchev–Trinajstić information content (AvgIpc) is 2.24. The Morgan fingerprint density at radius 3 is 2.53 bits per heavy atom. The van der Waals surface area contributed by atoms with E-state index in [-0.39, 0.29) is 18.3 Å². The molecule has 0 aromatic carbocycles. The van der Waals surface area contributed by atoms with Crippen LogP contribution in [-0.2, 0) is 6.18 Å². The van der Waals surface area contributed by atoms with Gasteiger partial charge in [0, 0.05) is 19.7 Å². The number of hydrogen-bond acceptors (Lipinski definition) is 5. The molecule has 0 radical (unpaired) electrons. The van der Waals surface area contributed by atoms with E-state index in [9.17, 15) is 13.2 Å². The van der Waals surface area contributed by atoms with Gasteiger partial charge >= 0.3 is 6.18 Å². The molecule has 1 rings (SSSR count). The first-order valence-corrected chi connectivity index (χ1v) is 4.89. The van der Waals surface area contributed by atoms with E-state index in [0.29, 0.717) is 0 Å². The Morgan fingerprint density at radius 1 is 1.41 bits per heavy atom. The highest BCUT2D eigenvalue weighted by atomic mass is 19.4. The van der Waals surface area contributed by atoms with Gasteiger partial charge in [0.15, 0.2) is 5.69 Å². The molecule has 5 nitrogen and oxygen atoms in total. The van der Waals surface area contributed by atoms with Crippen molar-refractivity contribution in [2.45, 2.75) is 19.2 Å². The Kier molecular flexibility index (Phi) is 4.11. The van der Waals surface area contributed by atoms with Gasteiger partial charge in [-0.15, -0.1) is 0 Å². The molecule has 17 heavy (non-hydrogen) atoms. The van der Waals surface area contributed by atoms with E-state index in [4.69, 9.17) is 5.11 Å². The Hall–Kier alpha value is -1.57. The van der Waals surface area contributed by atoms with Gasteiger partial charge in [-0.25, -0.2) is 4.98 Å². The number of hydrogen-bond donors (Lipinski definition) is 3. The van der Waals surface area contributed by atoms with Gasteiger partial charge in [0.25, 0.3) is 0 Å². The van der Waals surface area contributed by atoms with Crippen molar-refractivity contribution in [3.63, 3.8) is 0 Å². The summed E-state index contributed by atoms with van der Waals surface area (Å²) in [5, 5.41) is 14.1. The van der Waals surface area contributed by atoms with Crippen LogP contribution in [0.5, 0.6) is 0 Å². The predicted molar refractivity (Wildman–Crippen MR) is 56.8 cm³/mol. The minimum absolute atomic E-state index is 0.0116. The minimum Gasteiger partial charge on any atom is -0.392 e. The normalized spacial score (nSPS) is 13.3. The maximum absolute atomic E-state index is 12.5. The van der Waals surface area contributed by atoms with Crippen LogP contribution in [0.15, 0.2) is 6.07 Å². The molecule has 0 fully saturated rings. The number of rotatable bonds is 4. The van der Waals surface area contributed by atoms with E-state index < -0.39 is 18.0 Å². The molecule has 1 aromatic heterocycles. The lowest BCUT2D eigenvalue weighted by Gasteiger charge is -2.12. The summed E-state index contributed by atoms with van der Waals surface area (Å²) in [5.74, 6) is -0.120. The molecule has 0 amide bonds. The van der Waals surface area contributed by atoms with Gasteiger partial charge in [0.05, 0.1) is 6.10 Å². The van der Waals surface area contributed by atoms with Crippen molar-refractivity contribution in [3.8, 4) is 0 Å². The second kappa shape index (κ2) is 5.17. The quantitative estimate of drug-likeness (QED) is 0.752. The number of nitrogens with zero attached hydrogens (tertiary/aromatic N) is 2. The zero-order valence-corrected chi connectivity index (χ0v) is 9.34. The maximum Gasteiger partial charge on any atom is 0.433 e. The second-order valence-electron chi connectivity index (χ2n) is 3.44. The predicted octanol–water partition coefficient (Wildman–Crippen LogP) is 1.33. The fourth-order valence-corrected chi connectivity index (χ4v) is 1.05. The van der Waals surface area contributed by atoms with Gasteiger partial charge in [-0.3, -0.25) is 0 Å². The number of nitrogens with one attached hydrogen (secondary N) is 2. The van der Waals surface area contributed by atoms with Gasteiger partial charge in [0.2, 0.25) is 5.95 Å². The average molecular weight is 250 g/mol. The molecule has 0 spiro atoms. The summed E-state index contributed by atoms with van der Waals surface area (Å²) in [6.45, 7) is 1.62. The van der Waals surface area contributed by atoms with Crippen LogP contribution >= 0.6 is 0 Å². The van der Waals surface area contributed by atoms with Crippen molar-refractivity contribution in [2.75, 3.05) is 24.2 Å². The summed E-state index contributed by atoms with van der Waals surface area (Å²) in [6, 6.07) is 0.795. The first-order valence-electron chi connectivity index (χ1n) is 4.89. The highest BCUT2D eigenvalue weighted by molar-refractivity contribution is 5.42. The van der Waals surface area contributed by atoms with E-state index in [1.807, 2.05) is 0 Å². The van der Waals surface area contributed by atoms with Gasteiger partial charge in [-0.05, 0) is 6.92 Å². The lowest BCUT2D eigenvalue weighted by Crippen LogP contribution is -2.18. The number of alkyl halides is 3. The smallest absolute Gasteiger partial charge is 0.392 e. The number of aromatic nitrogens is 2. The Morgan fingerprint density at radius 2 is 2.06 bits per heavy atom. The van der Waals surface area contributed by atoms with E-state index >= 15 is 0 Å². The first-order chi connectivity index (χ1) is 7.82. The molecule has 96 valence electrons. The molecular weight excluding hydrogens is 237 g/mol. The highest BCUT2D eigenvalue weighted by Crippen LogP contribution is 2.29. The summed E-state index contributed by atoms with van der Waals surface area (Å²) in [5.41, 5.74) is -1.04. The Bertz CT molecular complexity index is 381. The van der Waals surface area contributed by atoms with Crippen LogP contribution in [0, 0.1) is 0 Å². The zero-order valence-electron chi connectivity index (χ0n) is 9.34. The van der Waals surface area contributed by atoms with Crippen LogP contribution in [0.4, 0.5) is 24.9 Å². The Balaban J connectivity index is 2.97. The summed E-state index contributed by atoms with van der Waals surface area (Å²) in [7, 11) is 1.42. The van der Waals surface area contributed by atoms with Crippen LogP contribution in [0.3, 0.4) is 0 Å². The molecule has 1 unspecified atom stereocenters. The third kappa shape index (κ3) is 4.06. The SMILES string of the molecule is CNc1nc(NCC(C)O)cc(C(F)(F)F)n1. The number of anilines is 2. The number of aliphatic hydroxyl groups excluding tert-OH is 1. The van der Waals surface area contributed by atoms with Gasteiger partial charge in [-0.1, -0.05) is 0 Å². The lowest BCUT2D eigenvalue weighted by atomic mass is 10.3. The summed E-state index contributed by atoms with van der Waals surface area (Å²) >= 11 is 0. The summed E-state index contributed by atoms with van der Waals surface area (Å²) < 4.78 is 37.5. The topological polar surface area (TPSA) is 70.1 Å². The molecule has 0 aliphatic heterocycles. The number of aliphatic hydroxyl groups is 1. The standard InChI is InChI=1S/C9H13F3N4O/c1-5(17)4-14-7-3-6(9(10,11)12)15-8(13-2)16-7/h3,5,17H,4H2,1-2H3,(H2,13,14,15,16). The maximum atomic E-state index is 12.5. The second-order valence-corrected chi connectivity index (χ2v) is 3.44. The van der Waals surface area contributed by atoms with Gasteiger partial charge in [0.1, 0.15) is 5.82 Å². The van der Waals surface area contributed by atoms with Crippen molar-refractivity contribution < 1.29 is 18.3 Å². The van der Waals surface area contributed by atoms with Crippen molar-refractivity contribution in [3.05, 3.63) is 11.8 Å². The molecule has 3 N–H and O–H groups in total. The van der Waals surface area contributed by atoms with Gasteiger partial charge in [-0.2, -0.15) is 18.2 Å². The lowest BCUT2D eigenvalue weighted by molar-refractivity contribution is -0.141. The fraction of sp³-hybridized carbons (Fsp3) is 0.556. The Labute approximate surface area is 96.1 Å². The molecule has 0 aliphatic rings. The van der Waals surface area contributed by atoms with Crippen LogP contribution < -0.4 is 10.6 Å². The van der Waals surface area contributed by atoms with Crippen molar-refractivity contribution >= 4 is 11.8 Å². The van der Waals surface area contributed by atoms with E-state index in [0.717, 1.165) is 6.07 Å². The molecule has 0 bridgehead atoms. The van der Waals surface area contributed by atoms with Crippen molar-refractivity contribution in [1.29, 1.82) is 0 Å². The fourth-order valence-electron chi connectivity index (χ4n) is 1.05. The van der Waals surface area contributed by atoms with Crippen molar-refractivity contribution in [2.24, 2.45) is 0 Å². The molecule has 8 heteroatoms. The van der Waals surface area contributed by atoms with Crippen LogP contribution in [0.1, 0.15) is 12.6 Å². The van der Waals surface area contributed by atoms with Crippen LogP contribution in [0.2, 0.25) is 0 Å². The van der Waals surface area contributed by atoms with Crippen LogP contribution in [0.25, 0.3) is 0 Å². The highest BCUT2D eigenvalue weighted by Gasteiger charge is 2.33. The number of halogens is 3. The van der Waals surface area contributed by atoms with Crippen LogP contribution in [-0.4, -0.2) is 34.8 Å². The molecular formula is C9H13F3N4O. The van der Waals surface area contributed by atoms with E-state index in [1.165, 1.54) is 14.0 Å². The molecule has 0 aliphatic carbocycles. The minimum atomic E-state index is -4.53. The third-order valence-electron chi connectivity index (χ3n) is 1.82. The first kappa shape index (κ1) is 13.5. The summed E-state index contributed by atoms with van der Waals surface area (Å²) in [6.07, 6.45) is -5.21. The van der Waals surface area contributed by atoms with Gasteiger partial charge < -0.3 is 15.7 Å². The van der Waals surface area contributed by atoms with E-state index in [2.05, 4.69) is 20.6 Å². The van der Waals surface area contributed by atoms with Crippen molar-refractivity contribution in [1.82, 2.24) is 9.97 Å².